The Kier molecular flexibility index (Phi) is 5.01. The van der Waals surface area contributed by atoms with Crippen molar-refractivity contribution in [3.05, 3.63) is 77.1 Å². The van der Waals surface area contributed by atoms with Crippen LogP contribution in [0.25, 0.3) is 16.6 Å². The smallest absolute Gasteiger partial charge is 0.343 e. The minimum atomic E-state index is -0.594. The Balaban J connectivity index is 1.50. The fourth-order valence-electron chi connectivity index (χ4n) is 4.55. The van der Waals surface area contributed by atoms with Crippen molar-refractivity contribution in [3.8, 4) is 5.69 Å². The quantitative estimate of drug-likeness (QED) is 0.493. The molecule has 0 fully saturated rings. The first-order chi connectivity index (χ1) is 15.6. The molecule has 7 heteroatoms. The summed E-state index contributed by atoms with van der Waals surface area (Å²) in [4.78, 5) is 24.9. The molecule has 2 aromatic heterocycles. The second kappa shape index (κ2) is 8.00. The zero-order chi connectivity index (χ0) is 22.2. The summed E-state index contributed by atoms with van der Waals surface area (Å²) in [6.07, 6.45) is 5.80. The fourth-order valence-corrected chi connectivity index (χ4v) is 4.55. The third-order valence-corrected chi connectivity index (χ3v) is 6.05. The maximum absolute atomic E-state index is 13.0. The van der Waals surface area contributed by atoms with E-state index < -0.39 is 11.9 Å². The van der Waals surface area contributed by atoms with Gasteiger partial charge in [-0.3, -0.25) is 4.79 Å². The predicted octanol–water partition coefficient (Wildman–Crippen LogP) is 4.15. The molecule has 1 aliphatic rings. The average Bonchev–Trinajstić information content (AvgIpc) is 3.37. The van der Waals surface area contributed by atoms with Crippen LogP contribution in [0.3, 0.4) is 0 Å². The number of esters is 1. The zero-order valence-corrected chi connectivity index (χ0v) is 17.9. The molecule has 0 saturated heterocycles. The van der Waals surface area contributed by atoms with Gasteiger partial charge in [0.25, 0.3) is 5.91 Å². The van der Waals surface area contributed by atoms with Crippen LogP contribution in [0.2, 0.25) is 0 Å². The van der Waals surface area contributed by atoms with Gasteiger partial charge in [-0.25, -0.2) is 4.79 Å². The van der Waals surface area contributed by atoms with Gasteiger partial charge in [-0.2, -0.15) is 9.78 Å². The Bertz CT molecular complexity index is 1330. The van der Waals surface area contributed by atoms with E-state index in [4.69, 9.17) is 10.5 Å². The summed E-state index contributed by atoms with van der Waals surface area (Å²) in [7, 11) is 0. The van der Waals surface area contributed by atoms with Crippen molar-refractivity contribution in [2.45, 2.75) is 32.6 Å². The third-order valence-electron chi connectivity index (χ3n) is 6.05. The number of fused-ring (bicyclic) bond motifs is 3. The van der Waals surface area contributed by atoms with Crippen LogP contribution in [-0.4, -0.2) is 32.8 Å². The van der Waals surface area contributed by atoms with Crippen LogP contribution in [0.4, 0.5) is 5.82 Å². The highest BCUT2D eigenvalue weighted by Gasteiger charge is 2.22. The van der Waals surface area contributed by atoms with E-state index in [0.29, 0.717) is 5.56 Å². The van der Waals surface area contributed by atoms with Gasteiger partial charge in [-0.15, -0.1) is 0 Å². The van der Waals surface area contributed by atoms with E-state index in [1.807, 2.05) is 12.1 Å². The molecule has 1 aliphatic carbocycles. The summed E-state index contributed by atoms with van der Waals surface area (Å²) < 4.78 is 8.30. The lowest BCUT2D eigenvalue weighted by Crippen LogP contribution is -2.17. The molecule has 0 amide bonds. The second-order valence-corrected chi connectivity index (χ2v) is 7.91. The maximum Gasteiger partial charge on any atom is 0.343 e. The van der Waals surface area contributed by atoms with Gasteiger partial charge >= 0.3 is 5.97 Å². The Morgan fingerprint density at radius 1 is 1.06 bits per heavy atom. The number of hydrogen-bond acceptors (Lipinski definition) is 5. The zero-order valence-electron chi connectivity index (χ0n) is 17.9. The molecule has 0 atom stereocenters. The first-order valence-electron chi connectivity index (χ1n) is 10.9. The lowest BCUT2D eigenvalue weighted by Gasteiger charge is -2.16. The van der Waals surface area contributed by atoms with Gasteiger partial charge in [0.1, 0.15) is 11.4 Å². The first kappa shape index (κ1) is 20.1. The molecular weight excluding hydrogens is 404 g/mol. The number of ether oxygens (including phenoxy) is 1. The number of benzene rings is 2. The summed E-state index contributed by atoms with van der Waals surface area (Å²) in [5.74, 6) is -1.02. The van der Waals surface area contributed by atoms with Gasteiger partial charge in [0, 0.05) is 22.3 Å². The molecule has 162 valence electrons. The minimum absolute atomic E-state index is 0.0250. The molecule has 7 nitrogen and oxygen atoms in total. The van der Waals surface area contributed by atoms with Crippen molar-refractivity contribution >= 4 is 28.6 Å². The van der Waals surface area contributed by atoms with E-state index in [9.17, 15) is 9.59 Å². The van der Waals surface area contributed by atoms with Crippen molar-refractivity contribution in [2.24, 2.45) is 0 Å². The van der Waals surface area contributed by atoms with Crippen LogP contribution in [0.15, 0.2) is 54.7 Å². The Labute approximate surface area is 185 Å². The highest BCUT2D eigenvalue weighted by atomic mass is 16.5. The van der Waals surface area contributed by atoms with Crippen molar-refractivity contribution in [2.75, 3.05) is 12.3 Å². The Morgan fingerprint density at radius 3 is 2.59 bits per heavy atom. The molecule has 0 saturated carbocycles. The molecule has 2 N–H and O–H groups in total. The fraction of sp³-hybridized carbons (Fsp3) is 0.240. The molecule has 2 heterocycles. The van der Waals surface area contributed by atoms with Crippen LogP contribution >= 0.6 is 0 Å². The van der Waals surface area contributed by atoms with Gasteiger partial charge < -0.3 is 15.0 Å². The van der Waals surface area contributed by atoms with Crippen molar-refractivity contribution in [1.29, 1.82) is 0 Å². The van der Waals surface area contributed by atoms with Gasteiger partial charge in [-0.1, -0.05) is 18.2 Å². The maximum atomic E-state index is 13.0. The minimum Gasteiger partial charge on any atom is -0.462 e. The largest absolute Gasteiger partial charge is 0.462 e. The van der Waals surface area contributed by atoms with E-state index in [-0.39, 0.29) is 18.0 Å². The van der Waals surface area contributed by atoms with Crippen LogP contribution in [-0.2, 0) is 17.6 Å². The number of nitrogens with two attached hydrogens (primary N) is 1. The SMILES string of the molecule is CCOC(=O)c1cnn(C(=O)c2ccc(-n3c4c(c5ccccc53)CCCC4)cc2)c1N. The number of aryl methyl sites for hydroxylation is 1. The standard InChI is InChI=1S/C25H24N4O3/c1-2-32-25(31)20-15-27-29(23(20)26)24(30)16-11-13-17(14-12-16)28-21-9-5-3-7-18(21)19-8-4-6-10-22(19)28/h3,5,7,9,11-15H,2,4,6,8,10,26H2,1H3. The van der Waals surface area contributed by atoms with E-state index in [2.05, 4.69) is 33.9 Å². The summed E-state index contributed by atoms with van der Waals surface area (Å²) in [6, 6.07) is 15.9. The van der Waals surface area contributed by atoms with Crippen LogP contribution in [0, 0.1) is 0 Å². The second-order valence-electron chi connectivity index (χ2n) is 7.91. The van der Waals surface area contributed by atoms with E-state index in [1.165, 1.54) is 41.2 Å². The van der Waals surface area contributed by atoms with Gasteiger partial charge in [0.05, 0.1) is 18.3 Å². The van der Waals surface area contributed by atoms with Crippen molar-refractivity contribution in [3.63, 3.8) is 0 Å². The number of nitrogens with zero attached hydrogens (tertiary/aromatic N) is 3. The van der Waals surface area contributed by atoms with E-state index >= 15 is 0 Å². The third kappa shape index (κ3) is 3.17. The number of carbonyl (C=O) groups is 2. The summed E-state index contributed by atoms with van der Waals surface area (Å²) in [5.41, 5.74) is 11.5. The molecule has 2 aromatic carbocycles. The number of rotatable bonds is 4. The molecule has 0 aliphatic heterocycles. The highest BCUT2D eigenvalue weighted by molar-refractivity contribution is 6.01. The topological polar surface area (TPSA) is 92.1 Å². The van der Waals surface area contributed by atoms with Gasteiger partial charge in [-0.05, 0) is 68.5 Å². The molecule has 32 heavy (non-hydrogen) atoms. The molecule has 0 spiro atoms. The van der Waals surface area contributed by atoms with E-state index in [0.717, 1.165) is 23.2 Å². The lowest BCUT2D eigenvalue weighted by atomic mass is 9.95. The number of nitrogen functional groups attached to an aromatic ring is 1. The van der Waals surface area contributed by atoms with Crippen LogP contribution in [0.1, 0.15) is 51.7 Å². The Hall–Kier alpha value is -3.87. The lowest BCUT2D eigenvalue weighted by molar-refractivity contribution is 0.0527. The van der Waals surface area contributed by atoms with Gasteiger partial charge in [0.2, 0.25) is 0 Å². The van der Waals surface area contributed by atoms with Crippen LogP contribution < -0.4 is 5.73 Å². The number of hydrogen-bond donors (Lipinski definition) is 1. The predicted molar refractivity (Wildman–Crippen MR) is 122 cm³/mol. The highest BCUT2D eigenvalue weighted by Crippen LogP contribution is 2.34. The van der Waals surface area contributed by atoms with Crippen LogP contribution in [0.5, 0.6) is 0 Å². The normalized spacial score (nSPS) is 13.2. The number of carbonyl (C=O) groups excluding carboxylic acids is 2. The molecule has 0 bridgehead atoms. The van der Waals surface area contributed by atoms with Crippen molar-refractivity contribution < 1.29 is 14.3 Å². The number of aromatic nitrogens is 3. The first-order valence-corrected chi connectivity index (χ1v) is 10.9. The average molecular weight is 428 g/mol. The number of para-hydroxylation sites is 1. The molecule has 5 rings (SSSR count). The molecular formula is C25H24N4O3. The summed E-state index contributed by atoms with van der Waals surface area (Å²) >= 11 is 0. The molecule has 4 aromatic rings. The van der Waals surface area contributed by atoms with Gasteiger partial charge in [0.15, 0.2) is 0 Å². The summed E-state index contributed by atoms with van der Waals surface area (Å²) in [6.45, 7) is 1.92. The monoisotopic (exact) mass is 428 g/mol. The Morgan fingerprint density at radius 2 is 1.81 bits per heavy atom. The molecule has 0 unspecified atom stereocenters. The van der Waals surface area contributed by atoms with Crippen molar-refractivity contribution in [1.82, 2.24) is 14.3 Å². The summed E-state index contributed by atoms with van der Waals surface area (Å²) in [5, 5.41) is 5.31. The molecule has 0 radical (unpaired) electrons. The number of anilines is 1. The van der Waals surface area contributed by atoms with E-state index in [1.54, 1.807) is 19.1 Å².